The quantitative estimate of drug-likeness (QED) is 0.914. The van der Waals surface area contributed by atoms with E-state index in [0.29, 0.717) is 0 Å². The van der Waals surface area contributed by atoms with Crippen LogP contribution in [0, 0.1) is 6.92 Å². The molecule has 0 saturated heterocycles. The van der Waals surface area contributed by atoms with Crippen LogP contribution in [0.5, 0.6) is 0 Å². The van der Waals surface area contributed by atoms with Crippen molar-refractivity contribution in [3.8, 4) is 0 Å². The van der Waals surface area contributed by atoms with Crippen molar-refractivity contribution in [2.24, 2.45) is 0 Å². The maximum atomic E-state index is 6.10. The van der Waals surface area contributed by atoms with Crippen molar-refractivity contribution in [2.75, 3.05) is 0 Å². The number of aromatic nitrogens is 2. The minimum Gasteiger partial charge on any atom is -0.345 e. The Bertz CT molecular complexity index is 494. The van der Waals surface area contributed by atoms with Crippen molar-refractivity contribution in [1.29, 1.82) is 0 Å². The molecule has 0 bridgehead atoms. The first-order valence-electron chi connectivity index (χ1n) is 5.11. The van der Waals surface area contributed by atoms with Crippen molar-refractivity contribution in [3.05, 3.63) is 51.0 Å². The van der Waals surface area contributed by atoms with Crippen LogP contribution in [0.15, 0.2) is 28.9 Å². The molecule has 0 aliphatic carbocycles. The Morgan fingerprint density at radius 2 is 2.06 bits per heavy atom. The van der Waals surface area contributed by atoms with E-state index in [0.717, 1.165) is 34.0 Å². The van der Waals surface area contributed by atoms with Gasteiger partial charge in [0.15, 0.2) is 0 Å². The molecule has 0 aliphatic heterocycles. The first-order valence-corrected chi connectivity index (χ1v) is 6.28. The number of aromatic amines is 1. The molecule has 2 rings (SSSR count). The molecule has 2 nitrogen and oxygen atoms in total. The molecular formula is C12H12BrClN2. The second-order valence-corrected chi connectivity index (χ2v) is 4.84. The van der Waals surface area contributed by atoms with Gasteiger partial charge in [-0.3, -0.25) is 0 Å². The van der Waals surface area contributed by atoms with Gasteiger partial charge in [-0.15, -0.1) is 0 Å². The van der Waals surface area contributed by atoms with Gasteiger partial charge in [0.25, 0.3) is 0 Å². The highest BCUT2D eigenvalue weighted by atomic mass is 79.9. The van der Waals surface area contributed by atoms with Crippen LogP contribution in [0.3, 0.4) is 0 Å². The fourth-order valence-corrected chi connectivity index (χ4v) is 2.43. The summed E-state index contributed by atoms with van der Waals surface area (Å²) in [6, 6.07) is 7.93. The molecular weight excluding hydrogens is 288 g/mol. The fraction of sp³-hybridized carbons (Fsp3) is 0.250. The van der Waals surface area contributed by atoms with Crippen molar-refractivity contribution < 1.29 is 0 Å². The van der Waals surface area contributed by atoms with E-state index < -0.39 is 0 Å². The topological polar surface area (TPSA) is 28.7 Å². The maximum Gasteiger partial charge on any atom is 0.127 e. The molecule has 84 valence electrons. The van der Waals surface area contributed by atoms with E-state index >= 15 is 0 Å². The van der Waals surface area contributed by atoms with E-state index in [1.807, 2.05) is 25.1 Å². The van der Waals surface area contributed by atoms with E-state index in [1.54, 1.807) is 0 Å². The van der Waals surface area contributed by atoms with Crippen LogP contribution in [0.2, 0.25) is 5.02 Å². The molecule has 1 aromatic heterocycles. The molecule has 0 fully saturated rings. The highest BCUT2D eigenvalue weighted by Crippen LogP contribution is 2.19. The molecule has 1 N–H and O–H groups in total. The molecule has 1 aromatic carbocycles. The number of aryl methyl sites for hydroxylation is 3. The average Bonchev–Trinajstić information content (AvgIpc) is 2.56. The standard InChI is InChI=1S/C12H12BrClN2/c1-8-15-11(12(13)16-8)7-6-9-4-2-3-5-10(9)14/h2-5H,6-7H2,1H3,(H,15,16). The number of H-pyrrole nitrogens is 1. The Hall–Kier alpha value is -0.800. The van der Waals surface area contributed by atoms with Crippen LogP contribution >= 0.6 is 27.5 Å². The van der Waals surface area contributed by atoms with Crippen LogP contribution in [0.4, 0.5) is 0 Å². The Morgan fingerprint density at radius 1 is 1.31 bits per heavy atom. The molecule has 0 saturated carbocycles. The van der Waals surface area contributed by atoms with Gasteiger partial charge in [0.05, 0.1) is 0 Å². The molecule has 2 aromatic rings. The number of halogens is 2. The molecule has 0 unspecified atom stereocenters. The fourth-order valence-electron chi connectivity index (χ4n) is 1.64. The summed E-state index contributed by atoms with van der Waals surface area (Å²) in [5.41, 5.74) is 2.29. The van der Waals surface area contributed by atoms with Gasteiger partial charge in [0.1, 0.15) is 10.4 Å². The molecule has 0 amide bonds. The van der Waals surface area contributed by atoms with Gasteiger partial charge < -0.3 is 4.98 Å². The second-order valence-electron chi connectivity index (χ2n) is 3.68. The zero-order valence-corrected chi connectivity index (χ0v) is 11.3. The third kappa shape index (κ3) is 2.66. The number of hydrogen-bond donors (Lipinski definition) is 1. The first kappa shape index (κ1) is 11.7. The summed E-state index contributed by atoms with van der Waals surface area (Å²) in [5.74, 6) is 0.932. The van der Waals surface area contributed by atoms with Crippen molar-refractivity contribution in [3.63, 3.8) is 0 Å². The SMILES string of the molecule is Cc1nc(Br)c(CCc2ccccc2Cl)[nH]1. The first-order chi connectivity index (χ1) is 7.66. The third-order valence-corrected chi connectivity index (χ3v) is 3.47. The summed E-state index contributed by atoms with van der Waals surface area (Å²) in [6.07, 6.45) is 1.82. The highest BCUT2D eigenvalue weighted by molar-refractivity contribution is 9.10. The lowest BCUT2D eigenvalue weighted by Crippen LogP contribution is -1.93. The van der Waals surface area contributed by atoms with Gasteiger partial charge in [-0.25, -0.2) is 4.98 Å². The van der Waals surface area contributed by atoms with E-state index in [-0.39, 0.29) is 0 Å². The lowest BCUT2D eigenvalue weighted by atomic mass is 10.1. The average molecular weight is 300 g/mol. The molecule has 0 atom stereocenters. The summed E-state index contributed by atoms with van der Waals surface area (Å²) in [4.78, 5) is 7.51. The maximum absolute atomic E-state index is 6.10. The highest BCUT2D eigenvalue weighted by Gasteiger charge is 2.06. The lowest BCUT2D eigenvalue weighted by molar-refractivity contribution is 0.915. The zero-order valence-electron chi connectivity index (χ0n) is 8.93. The van der Waals surface area contributed by atoms with Crippen molar-refractivity contribution in [2.45, 2.75) is 19.8 Å². The predicted molar refractivity (Wildman–Crippen MR) is 69.9 cm³/mol. The Kier molecular flexibility index (Phi) is 3.66. The number of hydrogen-bond acceptors (Lipinski definition) is 1. The van der Waals surface area contributed by atoms with Gasteiger partial charge in [0, 0.05) is 10.7 Å². The van der Waals surface area contributed by atoms with E-state index in [2.05, 4.69) is 32.0 Å². The number of imidazole rings is 1. The molecule has 0 aliphatic rings. The predicted octanol–water partition coefficient (Wildman–Crippen LogP) is 3.92. The summed E-state index contributed by atoms with van der Waals surface area (Å²) in [7, 11) is 0. The molecule has 4 heteroatoms. The van der Waals surface area contributed by atoms with E-state index in [1.165, 1.54) is 5.56 Å². The monoisotopic (exact) mass is 298 g/mol. The minimum atomic E-state index is 0.829. The third-order valence-electron chi connectivity index (χ3n) is 2.45. The summed E-state index contributed by atoms with van der Waals surface area (Å²) < 4.78 is 0.900. The number of benzene rings is 1. The molecule has 16 heavy (non-hydrogen) atoms. The van der Waals surface area contributed by atoms with Gasteiger partial charge >= 0.3 is 0 Å². The van der Waals surface area contributed by atoms with Crippen LogP contribution in [-0.4, -0.2) is 9.97 Å². The lowest BCUT2D eigenvalue weighted by Gasteiger charge is -2.02. The smallest absolute Gasteiger partial charge is 0.127 e. The summed E-state index contributed by atoms with van der Waals surface area (Å²) in [6.45, 7) is 1.95. The summed E-state index contributed by atoms with van der Waals surface area (Å²) in [5, 5.41) is 0.829. The minimum absolute atomic E-state index is 0.829. The van der Waals surface area contributed by atoms with Crippen LogP contribution < -0.4 is 0 Å². The van der Waals surface area contributed by atoms with Crippen LogP contribution in [0.1, 0.15) is 17.1 Å². The van der Waals surface area contributed by atoms with Gasteiger partial charge in [-0.1, -0.05) is 29.8 Å². The van der Waals surface area contributed by atoms with Crippen molar-refractivity contribution in [1.82, 2.24) is 9.97 Å². The Morgan fingerprint density at radius 3 is 2.69 bits per heavy atom. The van der Waals surface area contributed by atoms with Crippen molar-refractivity contribution >= 4 is 27.5 Å². The number of nitrogens with one attached hydrogen (secondary N) is 1. The second kappa shape index (κ2) is 5.02. The largest absolute Gasteiger partial charge is 0.345 e. The van der Waals surface area contributed by atoms with Crippen LogP contribution in [-0.2, 0) is 12.8 Å². The van der Waals surface area contributed by atoms with E-state index in [9.17, 15) is 0 Å². The Balaban J connectivity index is 2.08. The normalized spacial score (nSPS) is 10.7. The molecule has 0 radical (unpaired) electrons. The van der Waals surface area contributed by atoms with Gasteiger partial charge in [-0.05, 0) is 47.3 Å². The Labute approximate surface area is 108 Å². The zero-order chi connectivity index (χ0) is 11.5. The summed E-state index contributed by atoms with van der Waals surface area (Å²) >= 11 is 9.53. The molecule has 0 spiro atoms. The number of nitrogens with zero attached hydrogens (tertiary/aromatic N) is 1. The van der Waals surface area contributed by atoms with Gasteiger partial charge in [0.2, 0.25) is 0 Å². The van der Waals surface area contributed by atoms with E-state index in [4.69, 9.17) is 11.6 Å². The molecule has 1 heterocycles. The van der Waals surface area contributed by atoms with Gasteiger partial charge in [-0.2, -0.15) is 0 Å². The number of rotatable bonds is 3. The van der Waals surface area contributed by atoms with Crippen LogP contribution in [0.25, 0.3) is 0 Å².